The Morgan fingerprint density at radius 2 is 1.91 bits per heavy atom. The molecule has 1 aliphatic rings. The van der Waals surface area contributed by atoms with Gasteiger partial charge >= 0.3 is 0 Å². The Labute approximate surface area is 136 Å². The normalized spacial score (nSPS) is 15.3. The van der Waals surface area contributed by atoms with Gasteiger partial charge in [0, 0.05) is 30.3 Å². The Morgan fingerprint density at radius 3 is 2.55 bits per heavy atom. The first-order chi connectivity index (χ1) is 10.6. The lowest BCUT2D eigenvalue weighted by molar-refractivity contribution is -0.131. The van der Waals surface area contributed by atoms with Gasteiger partial charge in [-0.3, -0.25) is 4.79 Å². The zero-order chi connectivity index (χ0) is 15.5. The van der Waals surface area contributed by atoms with E-state index in [0.29, 0.717) is 19.6 Å². The molecule has 1 aromatic carbocycles. The summed E-state index contributed by atoms with van der Waals surface area (Å²) in [7, 11) is 0. The van der Waals surface area contributed by atoms with Gasteiger partial charge in [-0.2, -0.15) is 0 Å². The number of carbonyl (C=O) groups is 1. The summed E-state index contributed by atoms with van der Waals surface area (Å²) in [5.41, 5.74) is 0.935. The number of pyridine rings is 1. The molecule has 0 spiro atoms. The Hall–Kier alpha value is -1.95. The van der Waals surface area contributed by atoms with E-state index < -0.39 is 0 Å². The van der Waals surface area contributed by atoms with E-state index in [1.54, 1.807) is 23.2 Å². The number of halogens is 2. The molecule has 1 fully saturated rings. The van der Waals surface area contributed by atoms with Gasteiger partial charge in [0.05, 0.1) is 6.54 Å². The van der Waals surface area contributed by atoms with Crippen LogP contribution < -0.4 is 4.90 Å². The van der Waals surface area contributed by atoms with Gasteiger partial charge in [-0.05, 0) is 45.8 Å². The van der Waals surface area contributed by atoms with E-state index in [9.17, 15) is 9.18 Å². The van der Waals surface area contributed by atoms with E-state index in [-0.39, 0.29) is 11.7 Å². The predicted molar refractivity (Wildman–Crippen MR) is 86.0 cm³/mol. The average Bonchev–Trinajstić information content (AvgIpc) is 2.52. The fraction of sp³-hybridized carbons (Fsp3) is 0.250. The number of hydrogen-bond acceptors (Lipinski definition) is 3. The van der Waals surface area contributed by atoms with Crippen LogP contribution in [-0.2, 0) is 11.3 Å². The van der Waals surface area contributed by atoms with Crippen LogP contribution in [0.15, 0.2) is 47.1 Å². The van der Waals surface area contributed by atoms with Crippen LogP contribution in [-0.4, -0.2) is 35.4 Å². The predicted octanol–water partition coefficient (Wildman–Crippen LogP) is 2.83. The van der Waals surface area contributed by atoms with Crippen molar-refractivity contribution < 1.29 is 9.18 Å². The van der Waals surface area contributed by atoms with Crippen LogP contribution in [0.25, 0.3) is 0 Å². The molecular formula is C16H15BrFN3O. The van der Waals surface area contributed by atoms with E-state index in [0.717, 1.165) is 22.4 Å². The third kappa shape index (κ3) is 3.44. The number of aromatic nitrogens is 1. The molecule has 0 saturated carbocycles. The molecule has 1 saturated heterocycles. The summed E-state index contributed by atoms with van der Waals surface area (Å²) in [5.74, 6) is 0.597. The molecule has 0 radical (unpaired) electrons. The first-order valence-electron chi connectivity index (χ1n) is 7.00. The molecule has 1 aromatic heterocycles. The van der Waals surface area contributed by atoms with Crippen LogP contribution in [0.5, 0.6) is 0 Å². The van der Waals surface area contributed by atoms with Crippen molar-refractivity contribution in [2.75, 3.05) is 24.5 Å². The maximum absolute atomic E-state index is 12.9. The summed E-state index contributed by atoms with van der Waals surface area (Å²) in [6, 6.07) is 10.1. The van der Waals surface area contributed by atoms with Crippen LogP contribution in [0, 0.1) is 5.82 Å². The lowest BCUT2D eigenvalue weighted by atomic mass is 10.2. The summed E-state index contributed by atoms with van der Waals surface area (Å²) in [4.78, 5) is 20.4. The number of benzene rings is 1. The van der Waals surface area contributed by atoms with Crippen molar-refractivity contribution in [1.29, 1.82) is 0 Å². The molecule has 22 heavy (non-hydrogen) atoms. The molecule has 114 valence electrons. The van der Waals surface area contributed by atoms with E-state index in [1.807, 2.05) is 17.0 Å². The highest BCUT2D eigenvalue weighted by Crippen LogP contribution is 2.18. The number of carbonyl (C=O) groups excluding carboxylic acids is 1. The van der Waals surface area contributed by atoms with Gasteiger partial charge in [0.2, 0.25) is 5.91 Å². The zero-order valence-electron chi connectivity index (χ0n) is 11.9. The number of hydrogen-bond donors (Lipinski definition) is 0. The molecule has 4 nitrogen and oxygen atoms in total. The number of piperazine rings is 1. The highest BCUT2D eigenvalue weighted by molar-refractivity contribution is 9.10. The molecule has 6 heteroatoms. The minimum absolute atomic E-state index is 0.0558. The lowest BCUT2D eigenvalue weighted by Crippen LogP contribution is -2.50. The molecule has 2 heterocycles. The second-order valence-electron chi connectivity index (χ2n) is 5.20. The highest BCUT2D eigenvalue weighted by atomic mass is 79.9. The van der Waals surface area contributed by atoms with Crippen LogP contribution in [0.3, 0.4) is 0 Å². The molecular weight excluding hydrogens is 349 g/mol. The highest BCUT2D eigenvalue weighted by Gasteiger charge is 2.24. The molecule has 0 bridgehead atoms. The summed E-state index contributed by atoms with van der Waals surface area (Å²) in [6.45, 7) is 2.20. The standard InChI is InChI=1S/C16H15BrFN3O/c17-13-3-6-15(19-9-13)20-7-8-21(16(22)11-20)10-12-1-4-14(18)5-2-12/h1-6,9H,7-8,10-11H2. The van der Waals surface area contributed by atoms with Gasteiger partial charge < -0.3 is 9.80 Å². The molecule has 0 N–H and O–H groups in total. The van der Waals surface area contributed by atoms with Gasteiger partial charge in [-0.25, -0.2) is 9.37 Å². The second kappa shape index (κ2) is 6.44. The molecule has 1 aliphatic heterocycles. The Morgan fingerprint density at radius 1 is 1.14 bits per heavy atom. The largest absolute Gasteiger partial charge is 0.346 e. The number of rotatable bonds is 3. The first-order valence-corrected chi connectivity index (χ1v) is 7.80. The lowest BCUT2D eigenvalue weighted by Gasteiger charge is -2.35. The molecule has 3 rings (SSSR count). The SMILES string of the molecule is O=C1CN(c2ccc(Br)cn2)CCN1Cc1ccc(F)cc1. The van der Waals surface area contributed by atoms with E-state index >= 15 is 0 Å². The molecule has 0 unspecified atom stereocenters. The molecule has 2 aromatic rings. The van der Waals surface area contributed by atoms with Crippen molar-refractivity contribution in [1.82, 2.24) is 9.88 Å². The van der Waals surface area contributed by atoms with Crippen molar-refractivity contribution in [2.24, 2.45) is 0 Å². The quantitative estimate of drug-likeness (QED) is 0.841. The van der Waals surface area contributed by atoms with E-state index in [4.69, 9.17) is 0 Å². The van der Waals surface area contributed by atoms with Crippen LogP contribution >= 0.6 is 15.9 Å². The first kappa shape index (κ1) is 15.0. The van der Waals surface area contributed by atoms with Crippen molar-refractivity contribution >= 4 is 27.7 Å². The monoisotopic (exact) mass is 363 g/mol. The Balaban J connectivity index is 1.63. The van der Waals surface area contributed by atoms with Crippen molar-refractivity contribution in [2.45, 2.75) is 6.54 Å². The van der Waals surface area contributed by atoms with Crippen LogP contribution in [0.4, 0.5) is 10.2 Å². The Bertz CT molecular complexity index is 660. The molecule has 0 aliphatic carbocycles. The maximum atomic E-state index is 12.9. The maximum Gasteiger partial charge on any atom is 0.242 e. The number of nitrogens with zero attached hydrogens (tertiary/aromatic N) is 3. The fourth-order valence-electron chi connectivity index (χ4n) is 2.44. The minimum Gasteiger partial charge on any atom is -0.346 e. The third-order valence-electron chi connectivity index (χ3n) is 3.64. The van der Waals surface area contributed by atoms with Gasteiger partial charge in [0.1, 0.15) is 11.6 Å². The van der Waals surface area contributed by atoms with Crippen molar-refractivity contribution in [3.63, 3.8) is 0 Å². The summed E-state index contributed by atoms with van der Waals surface area (Å²) in [5, 5.41) is 0. The van der Waals surface area contributed by atoms with Crippen molar-refractivity contribution in [3.8, 4) is 0 Å². The van der Waals surface area contributed by atoms with Crippen LogP contribution in [0.1, 0.15) is 5.56 Å². The summed E-state index contributed by atoms with van der Waals surface area (Å²) < 4.78 is 13.8. The second-order valence-corrected chi connectivity index (χ2v) is 6.11. The van der Waals surface area contributed by atoms with Gasteiger partial charge in [-0.15, -0.1) is 0 Å². The van der Waals surface area contributed by atoms with Crippen LogP contribution in [0.2, 0.25) is 0 Å². The number of amides is 1. The van der Waals surface area contributed by atoms with Gasteiger partial charge in [-0.1, -0.05) is 12.1 Å². The topological polar surface area (TPSA) is 36.4 Å². The smallest absolute Gasteiger partial charge is 0.242 e. The minimum atomic E-state index is -0.263. The summed E-state index contributed by atoms with van der Waals surface area (Å²) >= 11 is 3.35. The molecule has 1 amide bonds. The van der Waals surface area contributed by atoms with Gasteiger partial charge in [0.25, 0.3) is 0 Å². The fourth-order valence-corrected chi connectivity index (χ4v) is 2.67. The Kier molecular flexibility index (Phi) is 4.38. The average molecular weight is 364 g/mol. The van der Waals surface area contributed by atoms with Crippen molar-refractivity contribution in [3.05, 3.63) is 58.4 Å². The third-order valence-corrected chi connectivity index (χ3v) is 4.11. The van der Waals surface area contributed by atoms with E-state index in [1.165, 1.54) is 12.1 Å². The zero-order valence-corrected chi connectivity index (χ0v) is 13.5. The molecule has 0 atom stereocenters. The van der Waals surface area contributed by atoms with E-state index in [2.05, 4.69) is 20.9 Å². The van der Waals surface area contributed by atoms with Gasteiger partial charge in [0.15, 0.2) is 0 Å². The number of anilines is 1. The summed E-state index contributed by atoms with van der Waals surface area (Å²) in [6.07, 6.45) is 1.73.